The second kappa shape index (κ2) is 3.99. The molecule has 0 fully saturated rings. The fourth-order valence-corrected chi connectivity index (χ4v) is 1.80. The van der Waals surface area contributed by atoms with Crippen molar-refractivity contribution in [3.63, 3.8) is 0 Å². The zero-order chi connectivity index (χ0) is 12.6. The molecule has 2 heterocycles. The monoisotopic (exact) mass is 245 g/mol. The van der Waals surface area contributed by atoms with E-state index >= 15 is 0 Å². The zero-order valence-corrected chi connectivity index (χ0v) is 8.77. The summed E-state index contributed by atoms with van der Waals surface area (Å²) in [7, 11) is 0. The second-order valence-electron chi connectivity index (χ2n) is 3.78. The predicted molar refractivity (Wildman–Crippen MR) is 53.2 cm³/mol. The summed E-state index contributed by atoms with van der Waals surface area (Å²) in [5.74, 6) is -1.11. The molecule has 1 aromatic heterocycles. The lowest BCUT2D eigenvalue weighted by Crippen LogP contribution is -2.28. The first-order valence-corrected chi connectivity index (χ1v) is 5.00. The highest BCUT2D eigenvalue weighted by Gasteiger charge is 2.38. The average Bonchev–Trinajstić information content (AvgIpc) is 2.26. The third kappa shape index (κ3) is 2.23. The number of alkyl halides is 3. The van der Waals surface area contributed by atoms with Crippen molar-refractivity contribution in [2.75, 3.05) is 6.54 Å². The van der Waals surface area contributed by atoms with Crippen LogP contribution in [-0.4, -0.2) is 17.4 Å². The zero-order valence-electron chi connectivity index (χ0n) is 8.77. The molecular formula is C10H10F3N3O. The molecule has 1 aliphatic heterocycles. The number of carbonyl (C=O) groups is 1. The summed E-state index contributed by atoms with van der Waals surface area (Å²) in [4.78, 5) is 14.5. The molecule has 1 aromatic rings. The number of carbonyl (C=O) groups excluding carboxylic acids is 1. The Balaban J connectivity index is 2.60. The number of rotatable bonds is 1. The van der Waals surface area contributed by atoms with Gasteiger partial charge in [-0.1, -0.05) is 0 Å². The Morgan fingerprint density at radius 1 is 1.47 bits per heavy atom. The number of nitrogens with zero attached hydrogens (tertiary/aromatic N) is 1. The van der Waals surface area contributed by atoms with Crippen LogP contribution in [0.25, 0.3) is 0 Å². The van der Waals surface area contributed by atoms with E-state index in [0.717, 1.165) is 0 Å². The quantitative estimate of drug-likeness (QED) is 0.770. The molecule has 0 spiro atoms. The molecule has 0 bridgehead atoms. The highest BCUT2D eigenvalue weighted by Crippen LogP contribution is 2.32. The first-order chi connectivity index (χ1) is 7.89. The van der Waals surface area contributed by atoms with E-state index in [-0.39, 0.29) is 6.54 Å². The normalized spacial score (nSPS) is 15.5. The molecule has 2 rings (SSSR count). The standard InChI is InChI=1S/C10H10F3N3O/c11-10(12,13)8-6(9(14)17)3-5-1-2-15-4-7(5)16-8/h3,15H,1-2,4H2,(H2,14,17). The largest absolute Gasteiger partial charge is 0.434 e. The van der Waals surface area contributed by atoms with Crippen LogP contribution in [0.4, 0.5) is 13.2 Å². The summed E-state index contributed by atoms with van der Waals surface area (Å²) in [5.41, 5.74) is 4.16. The summed E-state index contributed by atoms with van der Waals surface area (Å²) in [5, 5.41) is 2.92. The van der Waals surface area contributed by atoms with Crippen molar-refractivity contribution in [3.8, 4) is 0 Å². The summed E-state index contributed by atoms with van der Waals surface area (Å²) < 4.78 is 38.1. The molecule has 7 heteroatoms. The molecule has 0 saturated carbocycles. The second-order valence-corrected chi connectivity index (χ2v) is 3.78. The van der Waals surface area contributed by atoms with Crippen LogP contribution in [0, 0.1) is 0 Å². The van der Waals surface area contributed by atoms with Crippen molar-refractivity contribution in [3.05, 3.63) is 28.6 Å². The van der Waals surface area contributed by atoms with Gasteiger partial charge >= 0.3 is 6.18 Å². The Bertz CT molecular complexity index is 471. The number of halogens is 3. The van der Waals surface area contributed by atoms with E-state index < -0.39 is 23.3 Å². The summed E-state index contributed by atoms with van der Waals surface area (Å²) in [6.07, 6.45) is -4.13. The van der Waals surface area contributed by atoms with Gasteiger partial charge in [-0.15, -0.1) is 0 Å². The van der Waals surface area contributed by atoms with Crippen molar-refractivity contribution in [1.29, 1.82) is 0 Å². The Hall–Kier alpha value is -1.63. The first-order valence-electron chi connectivity index (χ1n) is 5.00. The van der Waals surface area contributed by atoms with Crippen LogP contribution in [0.2, 0.25) is 0 Å². The van der Waals surface area contributed by atoms with Gasteiger partial charge in [-0.2, -0.15) is 13.2 Å². The van der Waals surface area contributed by atoms with Crippen molar-refractivity contribution in [1.82, 2.24) is 10.3 Å². The van der Waals surface area contributed by atoms with Gasteiger partial charge in [0, 0.05) is 6.54 Å². The van der Waals surface area contributed by atoms with Crippen LogP contribution >= 0.6 is 0 Å². The minimum atomic E-state index is -4.67. The van der Waals surface area contributed by atoms with Crippen LogP contribution in [-0.2, 0) is 19.1 Å². The molecule has 17 heavy (non-hydrogen) atoms. The smallest absolute Gasteiger partial charge is 0.366 e. The van der Waals surface area contributed by atoms with Crippen LogP contribution in [0.1, 0.15) is 27.3 Å². The van der Waals surface area contributed by atoms with Crippen LogP contribution in [0.3, 0.4) is 0 Å². The topological polar surface area (TPSA) is 68.0 Å². The van der Waals surface area contributed by atoms with Gasteiger partial charge in [-0.3, -0.25) is 4.79 Å². The fraction of sp³-hybridized carbons (Fsp3) is 0.400. The molecule has 0 radical (unpaired) electrons. The number of hydrogen-bond acceptors (Lipinski definition) is 3. The van der Waals surface area contributed by atoms with E-state index in [1.54, 1.807) is 0 Å². The third-order valence-electron chi connectivity index (χ3n) is 2.59. The van der Waals surface area contributed by atoms with Crippen molar-refractivity contribution in [2.24, 2.45) is 5.73 Å². The molecule has 4 nitrogen and oxygen atoms in total. The third-order valence-corrected chi connectivity index (χ3v) is 2.59. The number of fused-ring (bicyclic) bond motifs is 1. The fourth-order valence-electron chi connectivity index (χ4n) is 1.80. The van der Waals surface area contributed by atoms with Gasteiger partial charge in [0.05, 0.1) is 11.3 Å². The SMILES string of the molecule is NC(=O)c1cc2c(nc1C(F)(F)F)CNCC2. The molecule has 0 atom stereocenters. The van der Waals surface area contributed by atoms with Crippen LogP contribution in [0.5, 0.6) is 0 Å². The molecule has 92 valence electrons. The summed E-state index contributed by atoms with van der Waals surface area (Å²) in [6.45, 7) is 0.926. The van der Waals surface area contributed by atoms with Gasteiger partial charge in [-0.05, 0) is 24.6 Å². The lowest BCUT2D eigenvalue weighted by Gasteiger charge is -2.19. The molecule has 1 aliphatic rings. The first kappa shape index (κ1) is 11.8. The highest BCUT2D eigenvalue weighted by molar-refractivity contribution is 5.94. The number of primary amides is 1. The molecule has 0 aromatic carbocycles. The Kier molecular flexibility index (Phi) is 2.78. The van der Waals surface area contributed by atoms with Gasteiger partial charge < -0.3 is 11.1 Å². The van der Waals surface area contributed by atoms with E-state index in [2.05, 4.69) is 10.3 Å². The molecule has 0 aliphatic carbocycles. The number of aromatic nitrogens is 1. The van der Waals surface area contributed by atoms with E-state index in [1.807, 2.05) is 0 Å². The summed E-state index contributed by atoms with van der Waals surface area (Å²) in [6, 6.07) is 1.20. The van der Waals surface area contributed by atoms with E-state index in [0.29, 0.717) is 24.2 Å². The van der Waals surface area contributed by atoms with Crippen LogP contribution < -0.4 is 11.1 Å². The Morgan fingerprint density at radius 3 is 2.76 bits per heavy atom. The van der Waals surface area contributed by atoms with Gasteiger partial charge in [-0.25, -0.2) is 4.98 Å². The molecule has 3 N–H and O–H groups in total. The lowest BCUT2D eigenvalue weighted by atomic mass is 10.0. The van der Waals surface area contributed by atoms with Gasteiger partial charge in [0.25, 0.3) is 5.91 Å². The molecule has 1 amide bonds. The van der Waals surface area contributed by atoms with Crippen molar-refractivity contribution >= 4 is 5.91 Å². The van der Waals surface area contributed by atoms with Crippen molar-refractivity contribution < 1.29 is 18.0 Å². The maximum atomic E-state index is 12.7. The lowest BCUT2D eigenvalue weighted by molar-refractivity contribution is -0.141. The van der Waals surface area contributed by atoms with Crippen LogP contribution in [0.15, 0.2) is 6.07 Å². The highest BCUT2D eigenvalue weighted by atomic mass is 19.4. The maximum Gasteiger partial charge on any atom is 0.434 e. The van der Waals surface area contributed by atoms with Gasteiger partial charge in [0.15, 0.2) is 5.69 Å². The Morgan fingerprint density at radius 2 is 2.18 bits per heavy atom. The van der Waals surface area contributed by atoms with E-state index in [9.17, 15) is 18.0 Å². The average molecular weight is 245 g/mol. The number of pyridine rings is 1. The minimum Gasteiger partial charge on any atom is -0.366 e. The molecule has 0 saturated heterocycles. The number of nitrogens with one attached hydrogen (secondary N) is 1. The minimum absolute atomic E-state index is 0.275. The number of amides is 1. The maximum absolute atomic E-state index is 12.7. The Labute approximate surface area is 95.0 Å². The van der Waals surface area contributed by atoms with Gasteiger partial charge in [0.2, 0.25) is 0 Å². The molecule has 0 unspecified atom stereocenters. The number of nitrogens with two attached hydrogens (primary N) is 1. The predicted octanol–water partition coefficient (Wildman–Crippen LogP) is 0.845. The van der Waals surface area contributed by atoms with Gasteiger partial charge in [0.1, 0.15) is 0 Å². The van der Waals surface area contributed by atoms with Crippen molar-refractivity contribution in [2.45, 2.75) is 19.1 Å². The summed E-state index contributed by atoms with van der Waals surface area (Å²) >= 11 is 0. The van der Waals surface area contributed by atoms with E-state index in [4.69, 9.17) is 5.73 Å². The number of hydrogen-bond donors (Lipinski definition) is 2. The van der Waals surface area contributed by atoms with E-state index in [1.165, 1.54) is 6.07 Å². The molecular weight excluding hydrogens is 235 g/mol.